The molecule has 0 aliphatic heterocycles. The summed E-state index contributed by atoms with van der Waals surface area (Å²) in [6.07, 6.45) is 0. The zero-order chi connectivity index (χ0) is 20.1. The van der Waals surface area contributed by atoms with Crippen molar-refractivity contribution in [2.45, 2.75) is 25.9 Å². The van der Waals surface area contributed by atoms with Crippen molar-refractivity contribution in [1.82, 2.24) is 19.7 Å². The highest BCUT2D eigenvalue weighted by molar-refractivity contribution is 7.99. The van der Waals surface area contributed by atoms with E-state index in [9.17, 15) is 9.18 Å². The predicted octanol–water partition coefficient (Wildman–Crippen LogP) is 4.34. The summed E-state index contributed by atoms with van der Waals surface area (Å²) >= 11 is 1.36. The van der Waals surface area contributed by atoms with Crippen LogP contribution < -0.4 is 0 Å². The lowest BCUT2D eigenvalue weighted by atomic mass is 10.1. The average molecular weight is 399 g/mol. The number of aromatic nitrogens is 3. The Morgan fingerprint density at radius 3 is 2.39 bits per heavy atom. The molecular formula is C21H23FN4OS. The molecule has 0 fully saturated rings. The summed E-state index contributed by atoms with van der Waals surface area (Å²) in [6.45, 7) is 7.31. The van der Waals surface area contributed by atoms with Gasteiger partial charge in [0.05, 0.1) is 11.4 Å². The quantitative estimate of drug-likeness (QED) is 0.556. The molecule has 0 saturated carbocycles. The zero-order valence-electron chi connectivity index (χ0n) is 16.2. The van der Waals surface area contributed by atoms with Crippen LogP contribution in [0.3, 0.4) is 0 Å². The first-order chi connectivity index (χ1) is 13.5. The number of benzene rings is 2. The van der Waals surface area contributed by atoms with Crippen LogP contribution in [0.5, 0.6) is 0 Å². The van der Waals surface area contributed by atoms with Crippen molar-refractivity contribution >= 4 is 17.7 Å². The maximum absolute atomic E-state index is 13.4. The van der Waals surface area contributed by atoms with Gasteiger partial charge in [-0.05, 0) is 56.7 Å². The summed E-state index contributed by atoms with van der Waals surface area (Å²) in [5, 5.41) is 9.30. The molecule has 0 aliphatic rings. The lowest BCUT2D eigenvalue weighted by molar-refractivity contribution is -0.127. The van der Waals surface area contributed by atoms with E-state index in [2.05, 4.69) is 10.2 Å². The largest absolute Gasteiger partial charge is 0.343 e. The Bertz CT molecular complexity index is 951. The molecule has 7 heteroatoms. The number of carbonyl (C=O) groups is 1. The second-order valence-electron chi connectivity index (χ2n) is 6.29. The van der Waals surface area contributed by atoms with Crippen LogP contribution in [-0.2, 0) is 4.79 Å². The van der Waals surface area contributed by atoms with E-state index in [4.69, 9.17) is 0 Å². The third kappa shape index (κ3) is 4.25. The Kier molecular flexibility index (Phi) is 6.46. The topological polar surface area (TPSA) is 51.0 Å². The molecular weight excluding hydrogens is 375 g/mol. The lowest BCUT2D eigenvalue weighted by Crippen LogP contribution is -2.31. The number of thioether (sulfide) groups is 1. The van der Waals surface area contributed by atoms with Gasteiger partial charge in [0.15, 0.2) is 11.0 Å². The highest BCUT2D eigenvalue weighted by Gasteiger charge is 2.19. The van der Waals surface area contributed by atoms with Gasteiger partial charge in [0.2, 0.25) is 5.91 Å². The SMILES string of the molecule is CCN(CC)C(=O)CSc1nnc(-c2ccc(F)cc2)n1-c1ccccc1C. The summed E-state index contributed by atoms with van der Waals surface area (Å²) in [6, 6.07) is 14.1. The van der Waals surface area contributed by atoms with Crippen molar-refractivity contribution in [2.24, 2.45) is 0 Å². The van der Waals surface area contributed by atoms with Gasteiger partial charge in [0.1, 0.15) is 5.82 Å². The molecule has 0 bridgehead atoms. The van der Waals surface area contributed by atoms with E-state index in [0.717, 1.165) is 16.8 Å². The summed E-state index contributed by atoms with van der Waals surface area (Å²) in [7, 11) is 0. The van der Waals surface area contributed by atoms with Crippen molar-refractivity contribution in [3.05, 3.63) is 59.9 Å². The van der Waals surface area contributed by atoms with Crippen molar-refractivity contribution in [3.8, 4) is 17.1 Å². The number of halogens is 1. The number of carbonyl (C=O) groups excluding carboxylic acids is 1. The molecule has 2 aromatic carbocycles. The summed E-state index contributed by atoms with van der Waals surface area (Å²) in [5.74, 6) is 0.671. The van der Waals surface area contributed by atoms with Crippen LogP contribution in [0.1, 0.15) is 19.4 Å². The minimum Gasteiger partial charge on any atom is -0.343 e. The number of rotatable bonds is 7. The maximum atomic E-state index is 13.4. The van der Waals surface area contributed by atoms with Gasteiger partial charge in [-0.3, -0.25) is 9.36 Å². The van der Waals surface area contributed by atoms with Gasteiger partial charge in [-0.15, -0.1) is 10.2 Å². The lowest BCUT2D eigenvalue weighted by Gasteiger charge is -2.18. The molecule has 0 atom stereocenters. The van der Waals surface area contributed by atoms with E-state index in [-0.39, 0.29) is 17.5 Å². The minimum absolute atomic E-state index is 0.0673. The molecule has 3 rings (SSSR count). The fraction of sp³-hybridized carbons (Fsp3) is 0.286. The standard InChI is InChI=1S/C21H23FN4OS/c1-4-25(5-2)19(27)14-28-21-24-23-20(16-10-12-17(22)13-11-16)26(21)18-9-7-6-8-15(18)3/h6-13H,4-5,14H2,1-3H3. The predicted molar refractivity (Wildman–Crippen MR) is 110 cm³/mol. The van der Waals surface area contributed by atoms with Crippen LogP contribution in [0.25, 0.3) is 17.1 Å². The minimum atomic E-state index is -0.301. The van der Waals surface area contributed by atoms with Crippen LogP contribution in [0.4, 0.5) is 4.39 Å². The number of aryl methyl sites for hydroxylation is 1. The Hall–Kier alpha value is -2.67. The number of hydrogen-bond donors (Lipinski definition) is 0. The highest BCUT2D eigenvalue weighted by atomic mass is 32.2. The summed E-state index contributed by atoms with van der Waals surface area (Å²) in [4.78, 5) is 14.2. The van der Waals surface area contributed by atoms with Gasteiger partial charge in [-0.1, -0.05) is 30.0 Å². The Labute approximate surface area is 168 Å². The van der Waals surface area contributed by atoms with E-state index in [0.29, 0.717) is 24.1 Å². The molecule has 1 aromatic heterocycles. The van der Waals surface area contributed by atoms with E-state index in [1.807, 2.05) is 49.6 Å². The van der Waals surface area contributed by atoms with E-state index in [1.165, 1.54) is 23.9 Å². The third-order valence-corrected chi connectivity index (χ3v) is 5.45. The maximum Gasteiger partial charge on any atom is 0.233 e. The van der Waals surface area contributed by atoms with Crippen molar-refractivity contribution < 1.29 is 9.18 Å². The first-order valence-electron chi connectivity index (χ1n) is 9.23. The molecule has 0 spiro atoms. The number of nitrogens with zero attached hydrogens (tertiary/aromatic N) is 4. The molecule has 1 heterocycles. The first kappa shape index (κ1) is 20.1. The van der Waals surface area contributed by atoms with Gasteiger partial charge < -0.3 is 4.90 Å². The highest BCUT2D eigenvalue weighted by Crippen LogP contribution is 2.29. The van der Waals surface area contributed by atoms with Gasteiger partial charge in [-0.25, -0.2) is 4.39 Å². The molecule has 0 radical (unpaired) electrons. The molecule has 0 saturated heterocycles. The number of para-hydroxylation sites is 1. The molecule has 0 unspecified atom stereocenters. The molecule has 0 N–H and O–H groups in total. The zero-order valence-corrected chi connectivity index (χ0v) is 17.0. The number of hydrogen-bond acceptors (Lipinski definition) is 4. The van der Waals surface area contributed by atoms with Gasteiger partial charge in [-0.2, -0.15) is 0 Å². The smallest absolute Gasteiger partial charge is 0.233 e. The summed E-state index contributed by atoms with van der Waals surface area (Å²) < 4.78 is 15.3. The van der Waals surface area contributed by atoms with Crippen molar-refractivity contribution in [3.63, 3.8) is 0 Å². The molecule has 0 aliphatic carbocycles. The van der Waals surface area contributed by atoms with Gasteiger partial charge >= 0.3 is 0 Å². The molecule has 5 nitrogen and oxygen atoms in total. The monoisotopic (exact) mass is 398 g/mol. The second kappa shape index (κ2) is 9.01. The fourth-order valence-corrected chi connectivity index (χ4v) is 3.82. The van der Waals surface area contributed by atoms with Crippen molar-refractivity contribution in [1.29, 1.82) is 0 Å². The number of amides is 1. The van der Waals surface area contributed by atoms with Crippen LogP contribution in [0.2, 0.25) is 0 Å². The van der Waals surface area contributed by atoms with E-state index in [1.54, 1.807) is 17.0 Å². The molecule has 28 heavy (non-hydrogen) atoms. The fourth-order valence-electron chi connectivity index (χ4n) is 2.97. The van der Waals surface area contributed by atoms with Gasteiger partial charge in [0.25, 0.3) is 0 Å². The van der Waals surface area contributed by atoms with Crippen LogP contribution >= 0.6 is 11.8 Å². The summed E-state index contributed by atoms with van der Waals surface area (Å²) in [5.41, 5.74) is 2.76. The van der Waals surface area contributed by atoms with Crippen LogP contribution in [0.15, 0.2) is 53.7 Å². The molecule has 1 amide bonds. The second-order valence-corrected chi connectivity index (χ2v) is 7.23. The Morgan fingerprint density at radius 2 is 1.75 bits per heavy atom. The third-order valence-electron chi connectivity index (χ3n) is 4.53. The molecule has 3 aromatic rings. The van der Waals surface area contributed by atoms with Crippen LogP contribution in [0, 0.1) is 12.7 Å². The van der Waals surface area contributed by atoms with E-state index >= 15 is 0 Å². The van der Waals surface area contributed by atoms with E-state index < -0.39 is 0 Å². The molecule has 146 valence electrons. The Balaban J connectivity index is 2.00. The van der Waals surface area contributed by atoms with Crippen LogP contribution in [-0.4, -0.2) is 44.4 Å². The normalized spacial score (nSPS) is 10.9. The first-order valence-corrected chi connectivity index (χ1v) is 10.2. The average Bonchev–Trinajstić information content (AvgIpc) is 3.12. The van der Waals surface area contributed by atoms with Gasteiger partial charge in [0, 0.05) is 18.7 Å². The Morgan fingerprint density at radius 1 is 1.07 bits per heavy atom. The van der Waals surface area contributed by atoms with Crippen molar-refractivity contribution in [2.75, 3.05) is 18.8 Å².